The minimum absolute atomic E-state index is 0.286. The van der Waals surface area contributed by atoms with Crippen molar-refractivity contribution >= 4 is 46.4 Å². The lowest BCUT2D eigenvalue weighted by molar-refractivity contribution is 0.101. The molecule has 2 amide bonds. The molecule has 0 aliphatic heterocycles. The summed E-state index contributed by atoms with van der Waals surface area (Å²) in [5.41, 5.74) is 3.04. The molecule has 2 heterocycles. The van der Waals surface area contributed by atoms with Crippen LogP contribution in [0.1, 0.15) is 21.0 Å². The van der Waals surface area contributed by atoms with Crippen LogP contribution in [-0.4, -0.2) is 31.8 Å². The molecule has 156 valence electrons. The zero-order valence-corrected chi connectivity index (χ0v) is 17.7. The van der Waals surface area contributed by atoms with Crippen LogP contribution in [-0.2, 0) is 7.05 Å². The number of hydrogen-bond acceptors (Lipinski definition) is 4. The second-order valence-electron chi connectivity index (χ2n) is 6.66. The van der Waals surface area contributed by atoms with E-state index in [2.05, 4.69) is 25.9 Å². The van der Waals surface area contributed by atoms with Crippen molar-refractivity contribution in [1.82, 2.24) is 20.0 Å². The van der Waals surface area contributed by atoms with Crippen LogP contribution in [0.2, 0.25) is 10.0 Å². The van der Waals surface area contributed by atoms with Gasteiger partial charge in [0, 0.05) is 30.2 Å². The van der Waals surface area contributed by atoms with Crippen LogP contribution < -0.4 is 10.6 Å². The van der Waals surface area contributed by atoms with Gasteiger partial charge in [-0.15, -0.1) is 0 Å². The maximum Gasteiger partial charge on any atom is 0.276 e. The third-order valence-corrected chi connectivity index (χ3v) is 5.12. The van der Waals surface area contributed by atoms with E-state index in [1.165, 1.54) is 0 Å². The highest BCUT2D eigenvalue weighted by molar-refractivity contribution is 6.42. The van der Waals surface area contributed by atoms with Crippen LogP contribution in [0.4, 0.5) is 11.4 Å². The predicted molar refractivity (Wildman–Crippen MR) is 120 cm³/mol. The molecule has 0 aliphatic carbocycles. The van der Waals surface area contributed by atoms with Crippen molar-refractivity contribution in [3.05, 3.63) is 82.2 Å². The number of H-pyrrole nitrogens is 1. The molecular formula is C21H16Cl2N6O2. The maximum atomic E-state index is 12.5. The van der Waals surface area contributed by atoms with E-state index in [0.29, 0.717) is 32.8 Å². The fraction of sp³-hybridized carbons (Fsp3) is 0.0476. The molecule has 10 heteroatoms. The highest BCUT2D eigenvalue weighted by Gasteiger charge is 2.13. The number of rotatable bonds is 5. The predicted octanol–water partition coefficient (Wildman–Crippen LogP) is 4.62. The first-order valence-electron chi connectivity index (χ1n) is 9.12. The van der Waals surface area contributed by atoms with Gasteiger partial charge in [0.2, 0.25) is 0 Å². The molecule has 4 aromatic rings. The molecule has 0 radical (unpaired) electrons. The number of carbonyl (C=O) groups excluding carboxylic acids is 2. The SMILES string of the molecule is Cn1ccc(C(=O)Nc2ccc(NC(=O)c3cc(-c4ccc(Cl)c(Cl)c4)n[nH]3)cc2)n1. The van der Waals surface area contributed by atoms with E-state index in [9.17, 15) is 9.59 Å². The van der Waals surface area contributed by atoms with Gasteiger partial charge in [0.25, 0.3) is 11.8 Å². The average Bonchev–Trinajstić information content (AvgIpc) is 3.41. The van der Waals surface area contributed by atoms with Crippen LogP contribution in [0.25, 0.3) is 11.3 Å². The third kappa shape index (κ3) is 4.76. The van der Waals surface area contributed by atoms with E-state index in [4.69, 9.17) is 23.2 Å². The lowest BCUT2D eigenvalue weighted by atomic mass is 10.1. The minimum atomic E-state index is -0.357. The molecule has 0 bridgehead atoms. The van der Waals surface area contributed by atoms with E-state index < -0.39 is 0 Å². The Labute approximate surface area is 187 Å². The number of aromatic nitrogens is 4. The van der Waals surface area contributed by atoms with Crippen molar-refractivity contribution in [1.29, 1.82) is 0 Å². The normalized spacial score (nSPS) is 10.7. The van der Waals surface area contributed by atoms with Crippen molar-refractivity contribution < 1.29 is 9.59 Å². The van der Waals surface area contributed by atoms with E-state index in [-0.39, 0.29) is 17.5 Å². The Morgan fingerprint density at radius 2 is 1.58 bits per heavy atom. The van der Waals surface area contributed by atoms with E-state index in [1.54, 1.807) is 72.5 Å². The topological polar surface area (TPSA) is 105 Å². The minimum Gasteiger partial charge on any atom is -0.321 e. The van der Waals surface area contributed by atoms with Crippen LogP contribution in [0, 0.1) is 0 Å². The summed E-state index contributed by atoms with van der Waals surface area (Å²) in [6.45, 7) is 0. The number of aromatic amines is 1. The number of halogens is 2. The summed E-state index contributed by atoms with van der Waals surface area (Å²) < 4.78 is 1.55. The Hall–Kier alpha value is -3.62. The van der Waals surface area contributed by atoms with Crippen LogP contribution in [0.3, 0.4) is 0 Å². The van der Waals surface area contributed by atoms with Crippen molar-refractivity contribution in [2.45, 2.75) is 0 Å². The largest absolute Gasteiger partial charge is 0.321 e. The molecule has 0 spiro atoms. The number of aryl methyl sites for hydroxylation is 1. The summed E-state index contributed by atoms with van der Waals surface area (Å²) in [5, 5.41) is 17.3. The van der Waals surface area contributed by atoms with Crippen molar-refractivity contribution in [2.24, 2.45) is 7.05 Å². The fourth-order valence-corrected chi connectivity index (χ4v) is 3.11. The van der Waals surface area contributed by atoms with Gasteiger partial charge in [-0.2, -0.15) is 10.2 Å². The van der Waals surface area contributed by atoms with Gasteiger partial charge in [-0.3, -0.25) is 19.4 Å². The first kappa shape index (κ1) is 20.6. The first-order chi connectivity index (χ1) is 14.9. The zero-order valence-electron chi connectivity index (χ0n) is 16.2. The average molecular weight is 455 g/mol. The Morgan fingerprint density at radius 3 is 2.19 bits per heavy atom. The van der Waals surface area contributed by atoms with Crippen LogP contribution in [0.15, 0.2) is 60.8 Å². The summed E-state index contributed by atoms with van der Waals surface area (Å²) in [7, 11) is 1.74. The van der Waals surface area contributed by atoms with Crippen molar-refractivity contribution in [3.8, 4) is 11.3 Å². The molecule has 2 aromatic carbocycles. The zero-order chi connectivity index (χ0) is 22.0. The van der Waals surface area contributed by atoms with Gasteiger partial charge < -0.3 is 10.6 Å². The summed E-state index contributed by atoms with van der Waals surface area (Å²) in [6.07, 6.45) is 1.69. The quantitative estimate of drug-likeness (QED) is 0.408. The summed E-state index contributed by atoms with van der Waals surface area (Å²) in [6, 6.07) is 15.1. The fourth-order valence-electron chi connectivity index (χ4n) is 2.81. The summed E-state index contributed by atoms with van der Waals surface area (Å²) in [5.74, 6) is -0.672. The highest BCUT2D eigenvalue weighted by atomic mass is 35.5. The smallest absolute Gasteiger partial charge is 0.276 e. The Morgan fingerprint density at radius 1 is 0.903 bits per heavy atom. The Bertz CT molecular complexity index is 1260. The molecule has 3 N–H and O–H groups in total. The van der Waals surface area contributed by atoms with Crippen LogP contribution >= 0.6 is 23.2 Å². The van der Waals surface area contributed by atoms with Crippen molar-refractivity contribution in [3.63, 3.8) is 0 Å². The van der Waals surface area contributed by atoms with E-state index >= 15 is 0 Å². The number of nitrogens with zero attached hydrogens (tertiary/aromatic N) is 3. The van der Waals surface area contributed by atoms with E-state index in [1.807, 2.05) is 0 Å². The third-order valence-electron chi connectivity index (χ3n) is 4.38. The Balaban J connectivity index is 1.40. The van der Waals surface area contributed by atoms with Crippen molar-refractivity contribution in [2.75, 3.05) is 10.6 Å². The van der Waals surface area contributed by atoms with Crippen LogP contribution in [0.5, 0.6) is 0 Å². The molecule has 0 unspecified atom stereocenters. The molecule has 8 nitrogen and oxygen atoms in total. The maximum absolute atomic E-state index is 12.5. The number of hydrogen-bond donors (Lipinski definition) is 3. The molecule has 0 atom stereocenters. The van der Waals surface area contributed by atoms with Gasteiger partial charge in [0.05, 0.1) is 15.7 Å². The molecule has 0 fully saturated rings. The monoisotopic (exact) mass is 454 g/mol. The lowest BCUT2D eigenvalue weighted by Crippen LogP contribution is -2.14. The summed E-state index contributed by atoms with van der Waals surface area (Å²) >= 11 is 12.0. The standard InChI is InChI=1S/C21H16Cl2N6O2/c1-29-9-8-17(28-29)20(30)24-13-3-5-14(6-4-13)25-21(31)19-11-18(26-27-19)12-2-7-15(22)16(23)10-12/h2-11H,1H3,(H,24,30)(H,25,31)(H,26,27). The number of amides is 2. The summed E-state index contributed by atoms with van der Waals surface area (Å²) in [4.78, 5) is 24.7. The molecule has 2 aromatic heterocycles. The molecule has 31 heavy (non-hydrogen) atoms. The highest BCUT2D eigenvalue weighted by Crippen LogP contribution is 2.28. The number of carbonyl (C=O) groups is 2. The number of anilines is 2. The Kier molecular flexibility index (Phi) is 5.75. The van der Waals surface area contributed by atoms with E-state index in [0.717, 1.165) is 5.56 Å². The number of nitrogens with one attached hydrogen (secondary N) is 3. The van der Waals surface area contributed by atoms with Gasteiger partial charge in [-0.05, 0) is 48.5 Å². The van der Waals surface area contributed by atoms with Gasteiger partial charge >= 0.3 is 0 Å². The number of benzene rings is 2. The van der Waals surface area contributed by atoms with Gasteiger partial charge in [-0.25, -0.2) is 0 Å². The molecular weight excluding hydrogens is 439 g/mol. The second kappa shape index (κ2) is 8.63. The van der Waals surface area contributed by atoms with Gasteiger partial charge in [0.15, 0.2) is 5.69 Å². The lowest BCUT2D eigenvalue weighted by Gasteiger charge is -2.06. The molecule has 0 saturated heterocycles. The second-order valence-corrected chi connectivity index (χ2v) is 7.47. The van der Waals surface area contributed by atoms with Gasteiger partial charge in [-0.1, -0.05) is 29.3 Å². The molecule has 0 saturated carbocycles. The van der Waals surface area contributed by atoms with Gasteiger partial charge in [0.1, 0.15) is 5.69 Å². The molecule has 0 aliphatic rings. The molecule has 4 rings (SSSR count). The first-order valence-corrected chi connectivity index (χ1v) is 9.88.